The van der Waals surface area contributed by atoms with Crippen LogP contribution in [0.5, 0.6) is 0 Å². The van der Waals surface area contributed by atoms with Gasteiger partial charge < -0.3 is 5.11 Å². The number of carboxylic acid groups (broad SMARTS) is 1. The molecule has 72 valence electrons. The molecule has 1 rings (SSSR count). The molecule has 1 heterocycles. The van der Waals surface area contributed by atoms with Crippen molar-refractivity contribution in [2.24, 2.45) is 0 Å². The van der Waals surface area contributed by atoms with Crippen molar-refractivity contribution in [3.8, 4) is 0 Å². The van der Waals surface area contributed by atoms with Gasteiger partial charge in [0.1, 0.15) is 0 Å². The molecule has 0 amide bonds. The topological polar surface area (TPSA) is 64.2 Å². The van der Waals surface area contributed by atoms with E-state index in [2.05, 4.69) is 0 Å². The number of aliphatic carboxylic acids is 1. The van der Waals surface area contributed by atoms with Crippen LogP contribution >= 0.6 is 0 Å². The molecule has 0 aliphatic carbocycles. The first kappa shape index (κ1) is 9.57. The average molecular weight is 184 g/mol. The first-order chi connectivity index (χ1) is 6.15. The average Bonchev–Trinajstić information content (AvgIpc) is 2.43. The fraction of sp³-hybridized carbons (Fsp3) is 0.500. The molecule has 0 aliphatic heterocycles. The Morgan fingerprint density at radius 3 is 2.54 bits per heavy atom. The summed E-state index contributed by atoms with van der Waals surface area (Å²) in [4.78, 5) is 21.6. The van der Waals surface area contributed by atoms with Crippen molar-refractivity contribution in [1.82, 2.24) is 9.13 Å². The largest absolute Gasteiger partial charge is 0.481 e. The maximum absolute atomic E-state index is 11.3. The van der Waals surface area contributed by atoms with E-state index in [1.165, 1.54) is 9.13 Å². The number of imidazole rings is 1. The second kappa shape index (κ2) is 3.93. The van der Waals surface area contributed by atoms with Crippen LogP contribution in [0.4, 0.5) is 0 Å². The zero-order valence-electron chi connectivity index (χ0n) is 7.43. The van der Waals surface area contributed by atoms with Crippen LogP contribution in [-0.2, 0) is 17.9 Å². The minimum atomic E-state index is -0.892. The summed E-state index contributed by atoms with van der Waals surface area (Å²) < 4.78 is 2.93. The maximum atomic E-state index is 11.3. The van der Waals surface area contributed by atoms with Gasteiger partial charge in [0.25, 0.3) is 0 Å². The molecule has 0 saturated heterocycles. The van der Waals surface area contributed by atoms with Gasteiger partial charge in [0.2, 0.25) is 0 Å². The molecule has 13 heavy (non-hydrogen) atoms. The molecule has 0 aromatic carbocycles. The highest BCUT2D eigenvalue weighted by molar-refractivity contribution is 5.66. The summed E-state index contributed by atoms with van der Waals surface area (Å²) in [6.45, 7) is 2.71. The van der Waals surface area contributed by atoms with Gasteiger partial charge in [0.05, 0.1) is 6.42 Å². The van der Waals surface area contributed by atoms with Gasteiger partial charge in [-0.1, -0.05) is 0 Å². The standard InChI is InChI=1S/C8H12N2O3/c1-2-9-5-6-10(8(9)13)4-3-7(11)12/h5-6H,2-4H2,1H3,(H,11,12). The van der Waals surface area contributed by atoms with Crippen molar-refractivity contribution >= 4 is 5.97 Å². The quantitative estimate of drug-likeness (QED) is 0.724. The van der Waals surface area contributed by atoms with Crippen molar-refractivity contribution in [3.05, 3.63) is 22.9 Å². The normalized spacial score (nSPS) is 10.2. The second-order valence-corrected chi connectivity index (χ2v) is 2.70. The molecule has 0 fully saturated rings. The van der Waals surface area contributed by atoms with E-state index in [0.717, 1.165) is 0 Å². The monoisotopic (exact) mass is 184 g/mol. The SMILES string of the molecule is CCn1ccn(CCC(=O)O)c1=O. The number of aryl methyl sites for hydroxylation is 2. The Bertz CT molecular complexity index is 351. The third-order valence-electron chi connectivity index (χ3n) is 1.83. The first-order valence-corrected chi connectivity index (χ1v) is 4.12. The number of hydrogen-bond acceptors (Lipinski definition) is 2. The predicted octanol–water partition coefficient (Wildman–Crippen LogP) is 0.144. The molecule has 0 spiro atoms. The lowest BCUT2D eigenvalue weighted by molar-refractivity contribution is -0.137. The number of carboxylic acids is 1. The van der Waals surface area contributed by atoms with Crippen LogP contribution in [-0.4, -0.2) is 20.2 Å². The zero-order chi connectivity index (χ0) is 9.84. The van der Waals surface area contributed by atoms with Crippen molar-refractivity contribution in [3.63, 3.8) is 0 Å². The van der Waals surface area contributed by atoms with E-state index in [-0.39, 0.29) is 18.7 Å². The van der Waals surface area contributed by atoms with Gasteiger partial charge in [-0.3, -0.25) is 13.9 Å². The highest BCUT2D eigenvalue weighted by Gasteiger charge is 2.03. The number of rotatable bonds is 4. The lowest BCUT2D eigenvalue weighted by Crippen LogP contribution is -2.24. The molecular weight excluding hydrogens is 172 g/mol. The van der Waals surface area contributed by atoms with Gasteiger partial charge in [-0.05, 0) is 6.92 Å². The molecule has 1 aromatic rings. The minimum Gasteiger partial charge on any atom is -0.481 e. The molecule has 5 nitrogen and oxygen atoms in total. The van der Waals surface area contributed by atoms with Gasteiger partial charge >= 0.3 is 11.7 Å². The van der Waals surface area contributed by atoms with Crippen molar-refractivity contribution < 1.29 is 9.90 Å². The van der Waals surface area contributed by atoms with Gasteiger partial charge in [-0.15, -0.1) is 0 Å². The van der Waals surface area contributed by atoms with Crippen LogP contribution in [0.2, 0.25) is 0 Å². The van der Waals surface area contributed by atoms with E-state index < -0.39 is 5.97 Å². The summed E-state index contributed by atoms with van der Waals surface area (Å²) in [5.74, 6) is -0.892. The van der Waals surface area contributed by atoms with E-state index in [4.69, 9.17) is 5.11 Å². The number of nitrogens with zero attached hydrogens (tertiary/aromatic N) is 2. The van der Waals surface area contributed by atoms with Crippen LogP contribution in [0.1, 0.15) is 13.3 Å². The summed E-state index contributed by atoms with van der Waals surface area (Å²) in [6.07, 6.45) is 3.24. The lowest BCUT2D eigenvalue weighted by Gasteiger charge is -1.97. The van der Waals surface area contributed by atoms with E-state index in [1.54, 1.807) is 12.4 Å². The van der Waals surface area contributed by atoms with E-state index in [0.29, 0.717) is 6.54 Å². The van der Waals surface area contributed by atoms with Crippen LogP contribution < -0.4 is 5.69 Å². The van der Waals surface area contributed by atoms with E-state index >= 15 is 0 Å². The van der Waals surface area contributed by atoms with Crippen molar-refractivity contribution in [2.45, 2.75) is 26.4 Å². The molecule has 0 atom stereocenters. The lowest BCUT2D eigenvalue weighted by atomic mass is 10.4. The molecule has 0 radical (unpaired) electrons. The van der Waals surface area contributed by atoms with E-state index in [1.807, 2.05) is 6.92 Å². The maximum Gasteiger partial charge on any atom is 0.328 e. The fourth-order valence-corrected chi connectivity index (χ4v) is 1.08. The zero-order valence-corrected chi connectivity index (χ0v) is 7.43. The fourth-order valence-electron chi connectivity index (χ4n) is 1.08. The molecule has 0 aliphatic rings. The summed E-state index contributed by atoms with van der Waals surface area (Å²) in [5.41, 5.74) is -0.149. The van der Waals surface area contributed by atoms with Gasteiger partial charge in [-0.25, -0.2) is 4.79 Å². The van der Waals surface area contributed by atoms with Crippen molar-refractivity contribution in [1.29, 1.82) is 0 Å². The van der Waals surface area contributed by atoms with Crippen LogP contribution in [0.15, 0.2) is 17.2 Å². The molecule has 1 aromatic heterocycles. The molecule has 0 unspecified atom stereocenters. The highest BCUT2D eigenvalue weighted by atomic mass is 16.4. The third kappa shape index (κ3) is 2.21. The van der Waals surface area contributed by atoms with E-state index in [9.17, 15) is 9.59 Å². The Morgan fingerprint density at radius 1 is 1.46 bits per heavy atom. The Morgan fingerprint density at radius 2 is 2.08 bits per heavy atom. The minimum absolute atomic E-state index is 0.0202. The summed E-state index contributed by atoms with van der Waals surface area (Å²) in [6, 6.07) is 0. The highest BCUT2D eigenvalue weighted by Crippen LogP contribution is 1.88. The Labute approximate surface area is 75.2 Å². The van der Waals surface area contributed by atoms with Crippen LogP contribution in [0.25, 0.3) is 0 Å². The van der Waals surface area contributed by atoms with Crippen LogP contribution in [0, 0.1) is 0 Å². The molecule has 0 bridgehead atoms. The summed E-state index contributed by atoms with van der Waals surface area (Å²) in [7, 11) is 0. The second-order valence-electron chi connectivity index (χ2n) is 2.70. The summed E-state index contributed by atoms with van der Waals surface area (Å²) >= 11 is 0. The molecule has 1 N–H and O–H groups in total. The Kier molecular flexibility index (Phi) is 2.89. The molecule has 5 heteroatoms. The third-order valence-corrected chi connectivity index (χ3v) is 1.83. The first-order valence-electron chi connectivity index (χ1n) is 4.12. The molecular formula is C8H12N2O3. The predicted molar refractivity (Wildman–Crippen MR) is 46.6 cm³/mol. The molecule has 0 saturated carbocycles. The smallest absolute Gasteiger partial charge is 0.328 e. The van der Waals surface area contributed by atoms with Gasteiger partial charge in [0.15, 0.2) is 0 Å². The Hall–Kier alpha value is -1.52. The van der Waals surface area contributed by atoms with Gasteiger partial charge in [0, 0.05) is 25.5 Å². The van der Waals surface area contributed by atoms with Crippen molar-refractivity contribution in [2.75, 3.05) is 0 Å². The number of aromatic nitrogens is 2. The van der Waals surface area contributed by atoms with Gasteiger partial charge in [-0.2, -0.15) is 0 Å². The number of hydrogen-bond donors (Lipinski definition) is 1. The summed E-state index contributed by atoms with van der Waals surface area (Å²) in [5, 5.41) is 8.41. The Balaban J connectivity index is 2.73. The van der Waals surface area contributed by atoms with Crippen LogP contribution in [0.3, 0.4) is 0 Å². The number of carbonyl (C=O) groups is 1.